The molecule has 2 nitrogen and oxygen atoms in total. The van der Waals surface area contributed by atoms with E-state index in [1.807, 2.05) is 12.1 Å². The summed E-state index contributed by atoms with van der Waals surface area (Å²) >= 11 is 0. The zero-order chi connectivity index (χ0) is 15.5. The monoisotopic (exact) mass is 290 g/mol. The van der Waals surface area contributed by atoms with Gasteiger partial charge < -0.3 is 11.1 Å². The maximum Gasteiger partial charge on any atom is 0.0314 e. The molecule has 0 bridgehead atoms. The van der Waals surface area contributed by atoms with Crippen molar-refractivity contribution in [2.45, 2.75) is 65.2 Å². The number of unbranched alkanes of at least 4 members (excludes halogenated alkanes) is 3. The molecule has 1 aromatic rings. The third-order valence-corrected chi connectivity index (χ3v) is 4.14. The molecule has 0 heterocycles. The van der Waals surface area contributed by atoms with Gasteiger partial charge in [-0.25, -0.2) is 0 Å². The minimum atomic E-state index is 0.601. The Hall–Kier alpha value is -1.02. The second-order valence-electron chi connectivity index (χ2n) is 6.70. The van der Waals surface area contributed by atoms with E-state index in [2.05, 4.69) is 38.2 Å². The van der Waals surface area contributed by atoms with E-state index in [0.717, 1.165) is 24.7 Å². The van der Waals surface area contributed by atoms with Crippen molar-refractivity contribution < 1.29 is 0 Å². The number of nitrogens with two attached hydrogens (primary N) is 1. The van der Waals surface area contributed by atoms with E-state index < -0.39 is 0 Å². The Bertz CT molecular complexity index is 356. The van der Waals surface area contributed by atoms with Crippen molar-refractivity contribution in [3.8, 4) is 0 Å². The van der Waals surface area contributed by atoms with E-state index >= 15 is 0 Å². The highest BCUT2D eigenvalue weighted by molar-refractivity contribution is 5.40. The smallest absolute Gasteiger partial charge is 0.0314 e. The highest BCUT2D eigenvalue weighted by atomic mass is 14.8. The van der Waals surface area contributed by atoms with Crippen LogP contribution in [0.25, 0.3) is 0 Å². The molecule has 1 atom stereocenters. The summed E-state index contributed by atoms with van der Waals surface area (Å²) in [6.45, 7) is 9.18. The van der Waals surface area contributed by atoms with Gasteiger partial charge in [0.15, 0.2) is 0 Å². The van der Waals surface area contributed by atoms with E-state index in [4.69, 9.17) is 5.73 Å². The zero-order valence-corrected chi connectivity index (χ0v) is 14.2. The molecule has 0 spiro atoms. The van der Waals surface area contributed by atoms with Crippen LogP contribution in [-0.2, 0) is 0 Å². The first-order chi connectivity index (χ1) is 10.1. The largest absolute Gasteiger partial charge is 0.399 e. The van der Waals surface area contributed by atoms with Crippen LogP contribution in [0.3, 0.4) is 0 Å². The topological polar surface area (TPSA) is 38.0 Å². The summed E-state index contributed by atoms with van der Waals surface area (Å²) in [6, 6.07) is 8.29. The van der Waals surface area contributed by atoms with Crippen molar-refractivity contribution in [3.05, 3.63) is 29.8 Å². The normalized spacial score (nSPS) is 12.8. The molecule has 0 fully saturated rings. The van der Waals surface area contributed by atoms with Crippen LogP contribution >= 0.6 is 0 Å². The predicted molar refractivity (Wildman–Crippen MR) is 94.7 cm³/mol. The van der Waals surface area contributed by atoms with E-state index in [1.165, 1.54) is 44.1 Å². The molecular formula is C19H34N2. The minimum absolute atomic E-state index is 0.601. The molecule has 1 aromatic carbocycles. The first-order valence-corrected chi connectivity index (χ1v) is 8.65. The fourth-order valence-corrected chi connectivity index (χ4v) is 2.59. The molecule has 0 saturated heterocycles. The number of hydrogen-bond acceptors (Lipinski definition) is 2. The third kappa shape index (κ3) is 8.77. The molecule has 120 valence electrons. The quantitative estimate of drug-likeness (QED) is 0.446. The molecule has 0 aliphatic rings. The zero-order valence-electron chi connectivity index (χ0n) is 14.2. The van der Waals surface area contributed by atoms with Gasteiger partial charge in [-0.3, -0.25) is 0 Å². The maximum absolute atomic E-state index is 5.72. The van der Waals surface area contributed by atoms with Crippen molar-refractivity contribution >= 4 is 5.69 Å². The Kier molecular flexibility index (Phi) is 9.16. The SMILES string of the molecule is CC(C)CCCCCCNCCC(C)c1ccc(N)cc1. The summed E-state index contributed by atoms with van der Waals surface area (Å²) in [6.07, 6.45) is 8.04. The molecule has 0 saturated carbocycles. The van der Waals surface area contributed by atoms with Crippen LogP contribution in [-0.4, -0.2) is 13.1 Å². The van der Waals surface area contributed by atoms with Crippen LogP contribution < -0.4 is 11.1 Å². The molecule has 0 aliphatic heterocycles. The molecule has 3 N–H and O–H groups in total. The van der Waals surface area contributed by atoms with Crippen molar-refractivity contribution in [2.75, 3.05) is 18.8 Å². The van der Waals surface area contributed by atoms with Crippen LogP contribution in [0.15, 0.2) is 24.3 Å². The number of anilines is 1. The Morgan fingerprint density at radius 2 is 1.52 bits per heavy atom. The molecular weight excluding hydrogens is 256 g/mol. The second kappa shape index (κ2) is 10.7. The van der Waals surface area contributed by atoms with Crippen molar-refractivity contribution in [3.63, 3.8) is 0 Å². The summed E-state index contributed by atoms with van der Waals surface area (Å²) in [5, 5.41) is 3.57. The molecule has 0 radical (unpaired) electrons. The van der Waals surface area contributed by atoms with Gasteiger partial charge in [-0.1, -0.05) is 58.6 Å². The van der Waals surface area contributed by atoms with Crippen molar-refractivity contribution in [1.82, 2.24) is 5.32 Å². The predicted octanol–water partition coefficient (Wildman–Crippen LogP) is 4.96. The number of nitrogen functional groups attached to an aromatic ring is 1. The van der Waals surface area contributed by atoms with Gasteiger partial charge in [-0.15, -0.1) is 0 Å². The minimum Gasteiger partial charge on any atom is -0.399 e. The lowest BCUT2D eigenvalue weighted by atomic mass is 9.97. The second-order valence-corrected chi connectivity index (χ2v) is 6.70. The van der Waals surface area contributed by atoms with Gasteiger partial charge in [0.25, 0.3) is 0 Å². The van der Waals surface area contributed by atoms with Gasteiger partial charge in [0.1, 0.15) is 0 Å². The number of nitrogens with one attached hydrogen (secondary N) is 1. The summed E-state index contributed by atoms with van der Waals surface area (Å²) in [5.74, 6) is 1.46. The third-order valence-electron chi connectivity index (χ3n) is 4.14. The molecule has 1 rings (SSSR count). The lowest BCUT2D eigenvalue weighted by molar-refractivity contribution is 0.508. The van der Waals surface area contributed by atoms with Gasteiger partial charge in [-0.05, 0) is 55.5 Å². The molecule has 0 aromatic heterocycles. The number of rotatable bonds is 11. The first kappa shape index (κ1) is 18.0. The summed E-state index contributed by atoms with van der Waals surface area (Å²) in [5.41, 5.74) is 7.96. The maximum atomic E-state index is 5.72. The van der Waals surface area contributed by atoms with Gasteiger partial charge in [0.2, 0.25) is 0 Å². The molecule has 1 unspecified atom stereocenters. The van der Waals surface area contributed by atoms with E-state index in [9.17, 15) is 0 Å². The fourth-order valence-electron chi connectivity index (χ4n) is 2.59. The van der Waals surface area contributed by atoms with Crippen LogP contribution in [0.1, 0.15) is 70.8 Å². The Morgan fingerprint density at radius 1 is 0.857 bits per heavy atom. The van der Waals surface area contributed by atoms with Gasteiger partial charge in [0.05, 0.1) is 0 Å². The van der Waals surface area contributed by atoms with Gasteiger partial charge >= 0.3 is 0 Å². The van der Waals surface area contributed by atoms with Crippen LogP contribution in [0.4, 0.5) is 5.69 Å². The van der Waals surface area contributed by atoms with Gasteiger partial charge in [0, 0.05) is 5.69 Å². The molecule has 21 heavy (non-hydrogen) atoms. The number of benzene rings is 1. The lowest BCUT2D eigenvalue weighted by Gasteiger charge is -2.13. The molecule has 0 amide bonds. The van der Waals surface area contributed by atoms with Crippen LogP contribution in [0, 0.1) is 5.92 Å². The highest BCUT2D eigenvalue weighted by Crippen LogP contribution is 2.19. The molecule has 0 aliphatic carbocycles. The summed E-state index contributed by atoms with van der Waals surface area (Å²) < 4.78 is 0. The number of hydrogen-bond donors (Lipinski definition) is 2. The van der Waals surface area contributed by atoms with Crippen molar-refractivity contribution in [2.24, 2.45) is 5.92 Å². The van der Waals surface area contributed by atoms with E-state index in [0.29, 0.717) is 5.92 Å². The first-order valence-electron chi connectivity index (χ1n) is 8.65. The average molecular weight is 290 g/mol. The summed E-state index contributed by atoms with van der Waals surface area (Å²) in [7, 11) is 0. The van der Waals surface area contributed by atoms with Crippen LogP contribution in [0.2, 0.25) is 0 Å². The van der Waals surface area contributed by atoms with E-state index in [1.54, 1.807) is 0 Å². The molecule has 2 heteroatoms. The highest BCUT2D eigenvalue weighted by Gasteiger charge is 2.04. The average Bonchev–Trinajstić information content (AvgIpc) is 2.45. The van der Waals surface area contributed by atoms with E-state index in [-0.39, 0.29) is 0 Å². The van der Waals surface area contributed by atoms with Crippen molar-refractivity contribution in [1.29, 1.82) is 0 Å². The Labute approximate surface area is 131 Å². The van der Waals surface area contributed by atoms with Gasteiger partial charge in [-0.2, -0.15) is 0 Å². The lowest BCUT2D eigenvalue weighted by Crippen LogP contribution is -2.18. The summed E-state index contributed by atoms with van der Waals surface area (Å²) in [4.78, 5) is 0. The standard InChI is InChI=1S/C19H34N2/c1-16(2)8-6-4-5-7-14-21-15-13-17(3)18-9-11-19(20)12-10-18/h9-12,16-17,21H,4-8,13-15,20H2,1-3H3. The Balaban J connectivity index is 1.97. The Morgan fingerprint density at radius 3 is 2.19 bits per heavy atom. The van der Waals surface area contributed by atoms with Crippen LogP contribution in [0.5, 0.6) is 0 Å². The fraction of sp³-hybridized carbons (Fsp3) is 0.684.